The standard InChI is InChI=1S/C15H16N2OS/c1-2-7-16-9-10-19-11-12-5-6-14(18)15-13(12)4-3-8-17-15/h1,3-6,8,16,18H,7,9-11H2. The van der Waals surface area contributed by atoms with Gasteiger partial charge in [-0.05, 0) is 17.7 Å². The molecule has 0 radical (unpaired) electrons. The first-order valence-corrected chi connectivity index (χ1v) is 7.26. The Labute approximate surface area is 117 Å². The van der Waals surface area contributed by atoms with E-state index < -0.39 is 0 Å². The Kier molecular flexibility index (Phi) is 5.08. The number of fused-ring (bicyclic) bond motifs is 1. The third-order valence-corrected chi connectivity index (χ3v) is 3.75. The molecule has 4 heteroatoms. The molecule has 0 spiro atoms. The highest BCUT2D eigenvalue weighted by atomic mass is 32.2. The maximum absolute atomic E-state index is 9.77. The van der Waals surface area contributed by atoms with Crippen molar-refractivity contribution in [2.45, 2.75) is 5.75 Å². The van der Waals surface area contributed by atoms with E-state index in [4.69, 9.17) is 6.42 Å². The van der Waals surface area contributed by atoms with Gasteiger partial charge in [-0.2, -0.15) is 11.8 Å². The Balaban J connectivity index is 1.98. The molecule has 0 saturated heterocycles. The number of aromatic nitrogens is 1. The number of hydrogen-bond acceptors (Lipinski definition) is 4. The van der Waals surface area contributed by atoms with Gasteiger partial charge in [0.2, 0.25) is 0 Å². The van der Waals surface area contributed by atoms with Crippen LogP contribution in [0.4, 0.5) is 0 Å². The summed E-state index contributed by atoms with van der Waals surface area (Å²) in [7, 11) is 0. The van der Waals surface area contributed by atoms with Crippen molar-refractivity contribution in [2.24, 2.45) is 0 Å². The van der Waals surface area contributed by atoms with E-state index in [1.165, 1.54) is 5.56 Å². The number of rotatable bonds is 6. The molecule has 0 aliphatic rings. The van der Waals surface area contributed by atoms with Gasteiger partial charge < -0.3 is 10.4 Å². The summed E-state index contributed by atoms with van der Waals surface area (Å²) in [5.41, 5.74) is 1.87. The molecule has 2 N–H and O–H groups in total. The molecule has 0 aliphatic carbocycles. The second-order valence-corrected chi connectivity index (χ2v) is 5.18. The maximum atomic E-state index is 9.77. The minimum Gasteiger partial charge on any atom is -0.506 e. The maximum Gasteiger partial charge on any atom is 0.141 e. The summed E-state index contributed by atoms with van der Waals surface area (Å²) in [4.78, 5) is 4.22. The van der Waals surface area contributed by atoms with Crippen LogP contribution in [0.15, 0.2) is 30.5 Å². The minimum absolute atomic E-state index is 0.236. The summed E-state index contributed by atoms with van der Waals surface area (Å²) >= 11 is 1.84. The quantitative estimate of drug-likeness (QED) is 0.626. The van der Waals surface area contributed by atoms with Gasteiger partial charge in [-0.15, -0.1) is 6.42 Å². The van der Waals surface area contributed by atoms with Gasteiger partial charge in [0.1, 0.15) is 11.3 Å². The fraction of sp³-hybridized carbons (Fsp3) is 0.267. The topological polar surface area (TPSA) is 45.1 Å². The molecule has 98 valence electrons. The number of terminal acetylenes is 1. The summed E-state index contributed by atoms with van der Waals surface area (Å²) in [6, 6.07) is 7.56. The molecule has 2 rings (SSSR count). The molecule has 0 saturated carbocycles. The fourth-order valence-corrected chi connectivity index (χ4v) is 2.73. The monoisotopic (exact) mass is 272 g/mol. The highest BCUT2D eigenvalue weighted by Gasteiger charge is 2.05. The lowest BCUT2D eigenvalue weighted by Crippen LogP contribution is -2.16. The molecule has 1 aromatic heterocycles. The van der Waals surface area contributed by atoms with E-state index in [2.05, 4.69) is 16.2 Å². The van der Waals surface area contributed by atoms with Crippen molar-refractivity contribution in [3.8, 4) is 18.1 Å². The van der Waals surface area contributed by atoms with Crippen molar-refractivity contribution in [2.75, 3.05) is 18.8 Å². The highest BCUT2D eigenvalue weighted by Crippen LogP contribution is 2.27. The predicted octanol–water partition coefficient (Wildman–Crippen LogP) is 2.40. The number of phenols is 1. The van der Waals surface area contributed by atoms with Crippen molar-refractivity contribution < 1.29 is 5.11 Å². The summed E-state index contributed by atoms with van der Waals surface area (Å²) in [6.07, 6.45) is 6.86. The number of pyridine rings is 1. The predicted molar refractivity (Wildman–Crippen MR) is 81.3 cm³/mol. The van der Waals surface area contributed by atoms with Crippen LogP contribution in [-0.2, 0) is 5.75 Å². The van der Waals surface area contributed by atoms with E-state index in [0.29, 0.717) is 12.1 Å². The first-order valence-electron chi connectivity index (χ1n) is 6.10. The Morgan fingerprint density at radius 1 is 1.37 bits per heavy atom. The first kappa shape index (κ1) is 13.7. The smallest absolute Gasteiger partial charge is 0.141 e. The van der Waals surface area contributed by atoms with Crippen LogP contribution >= 0.6 is 11.8 Å². The van der Waals surface area contributed by atoms with E-state index in [1.54, 1.807) is 12.3 Å². The molecule has 1 aromatic carbocycles. The molecule has 0 bridgehead atoms. The van der Waals surface area contributed by atoms with Crippen LogP contribution in [0.5, 0.6) is 5.75 Å². The molecule has 0 aliphatic heterocycles. The third-order valence-electron chi connectivity index (χ3n) is 2.75. The van der Waals surface area contributed by atoms with Crippen LogP contribution in [0.3, 0.4) is 0 Å². The second-order valence-electron chi connectivity index (χ2n) is 4.08. The number of phenolic OH excluding ortho intramolecular Hbond substituents is 1. The molecular weight excluding hydrogens is 256 g/mol. The molecule has 0 atom stereocenters. The van der Waals surface area contributed by atoms with Gasteiger partial charge >= 0.3 is 0 Å². The first-order chi connectivity index (χ1) is 9.33. The van der Waals surface area contributed by atoms with Crippen LogP contribution in [0, 0.1) is 12.3 Å². The number of benzene rings is 1. The van der Waals surface area contributed by atoms with Gasteiger partial charge in [-0.1, -0.05) is 18.1 Å². The molecule has 1 heterocycles. The lowest BCUT2D eigenvalue weighted by atomic mass is 10.1. The second kappa shape index (κ2) is 7.03. The van der Waals surface area contributed by atoms with E-state index in [9.17, 15) is 5.11 Å². The zero-order valence-corrected chi connectivity index (χ0v) is 11.4. The number of hydrogen-bond donors (Lipinski definition) is 2. The molecule has 0 amide bonds. The summed E-state index contributed by atoms with van der Waals surface area (Å²) in [6.45, 7) is 1.52. The molecule has 2 aromatic rings. The number of nitrogens with zero attached hydrogens (tertiary/aromatic N) is 1. The van der Waals surface area contributed by atoms with Crippen molar-refractivity contribution in [1.29, 1.82) is 0 Å². The van der Waals surface area contributed by atoms with Gasteiger partial charge in [-0.3, -0.25) is 4.98 Å². The summed E-state index contributed by atoms with van der Waals surface area (Å²) in [5.74, 6) is 4.69. The van der Waals surface area contributed by atoms with Crippen molar-refractivity contribution >= 4 is 22.7 Å². The molecule has 0 fully saturated rings. The average molecular weight is 272 g/mol. The van der Waals surface area contributed by atoms with E-state index in [-0.39, 0.29) is 5.75 Å². The zero-order chi connectivity index (χ0) is 13.5. The molecule has 19 heavy (non-hydrogen) atoms. The number of thioether (sulfide) groups is 1. The lowest BCUT2D eigenvalue weighted by molar-refractivity contribution is 0.480. The van der Waals surface area contributed by atoms with Gasteiger partial charge in [0, 0.05) is 29.6 Å². The normalized spacial score (nSPS) is 10.5. The Hall–Kier alpha value is -1.70. The van der Waals surface area contributed by atoms with E-state index in [1.807, 2.05) is 30.0 Å². The Bertz CT molecular complexity index is 592. The zero-order valence-electron chi connectivity index (χ0n) is 10.6. The largest absolute Gasteiger partial charge is 0.506 e. The van der Waals surface area contributed by atoms with E-state index >= 15 is 0 Å². The highest BCUT2D eigenvalue weighted by molar-refractivity contribution is 7.98. The fourth-order valence-electron chi connectivity index (χ4n) is 1.83. The van der Waals surface area contributed by atoms with Gasteiger partial charge in [0.25, 0.3) is 0 Å². The summed E-state index contributed by atoms with van der Waals surface area (Å²) < 4.78 is 0. The van der Waals surface area contributed by atoms with Crippen LogP contribution in [0.25, 0.3) is 10.9 Å². The minimum atomic E-state index is 0.236. The molecule has 3 nitrogen and oxygen atoms in total. The average Bonchev–Trinajstić information content (AvgIpc) is 2.45. The third kappa shape index (κ3) is 3.63. The van der Waals surface area contributed by atoms with Gasteiger partial charge in [-0.25, -0.2) is 0 Å². The van der Waals surface area contributed by atoms with Crippen LogP contribution in [-0.4, -0.2) is 28.9 Å². The number of nitrogens with one attached hydrogen (secondary N) is 1. The van der Waals surface area contributed by atoms with Crippen molar-refractivity contribution in [3.63, 3.8) is 0 Å². The molecule has 0 unspecified atom stereocenters. The summed E-state index contributed by atoms with van der Waals surface area (Å²) in [5, 5.41) is 13.9. The Morgan fingerprint density at radius 3 is 3.11 bits per heavy atom. The van der Waals surface area contributed by atoms with Gasteiger partial charge in [0.15, 0.2) is 0 Å². The van der Waals surface area contributed by atoms with Crippen LogP contribution < -0.4 is 5.32 Å². The Morgan fingerprint density at radius 2 is 2.26 bits per heavy atom. The number of aromatic hydroxyl groups is 1. The SMILES string of the molecule is C#CCNCCSCc1ccc(O)c2ncccc12. The van der Waals surface area contributed by atoms with Crippen molar-refractivity contribution in [3.05, 3.63) is 36.0 Å². The van der Waals surface area contributed by atoms with Gasteiger partial charge in [0.05, 0.1) is 6.54 Å². The molecular formula is C15H16N2OS. The van der Waals surface area contributed by atoms with E-state index in [0.717, 1.165) is 23.4 Å². The lowest BCUT2D eigenvalue weighted by Gasteiger charge is -2.07. The van der Waals surface area contributed by atoms with Crippen molar-refractivity contribution in [1.82, 2.24) is 10.3 Å². The van der Waals surface area contributed by atoms with Crippen LogP contribution in [0.1, 0.15) is 5.56 Å². The van der Waals surface area contributed by atoms with Crippen LogP contribution in [0.2, 0.25) is 0 Å².